The third-order valence-corrected chi connectivity index (χ3v) is 5.81. The van der Waals surface area contributed by atoms with Crippen molar-refractivity contribution in [3.8, 4) is 0 Å². The van der Waals surface area contributed by atoms with Crippen LogP contribution in [-0.2, 0) is 13.0 Å². The third-order valence-electron chi connectivity index (χ3n) is 3.98. The molecule has 0 aliphatic carbocycles. The first-order chi connectivity index (χ1) is 9.93. The van der Waals surface area contributed by atoms with Gasteiger partial charge in [0.05, 0.1) is 11.0 Å². The number of para-hydroxylation sites is 2. The number of nitrogens with zero attached hydrogens (tertiary/aromatic N) is 2. The van der Waals surface area contributed by atoms with Crippen LogP contribution in [0.5, 0.6) is 0 Å². The van der Waals surface area contributed by atoms with Crippen LogP contribution in [0.1, 0.15) is 52.8 Å². The highest BCUT2D eigenvalue weighted by molar-refractivity contribution is 9.09. The average molecular weight is 351 g/mol. The normalized spacial score (nSPS) is 13.8. The van der Waals surface area contributed by atoms with Crippen molar-refractivity contribution >= 4 is 27.0 Å². The third kappa shape index (κ3) is 4.09. The number of aryl methyl sites for hydroxylation is 2. The van der Waals surface area contributed by atoms with E-state index in [2.05, 4.69) is 72.5 Å². The SMILES string of the molecule is CCCn1c(CCCC(Br)C(C)(C)C)nc2ccccc21. The van der Waals surface area contributed by atoms with Crippen molar-refractivity contribution in [2.75, 3.05) is 0 Å². The van der Waals surface area contributed by atoms with Gasteiger partial charge >= 0.3 is 0 Å². The number of fused-ring (bicyclic) bond motifs is 1. The summed E-state index contributed by atoms with van der Waals surface area (Å²) in [5.74, 6) is 1.24. The van der Waals surface area contributed by atoms with E-state index in [1.807, 2.05) is 0 Å². The Morgan fingerprint density at radius 1 is 1.24 bits per heavy atom. The van der Waals surface area contributed by atoms with E-state index in [4.69, 9.17) is 4.98 Å². The van der Waals surface area contributed by atoms with Gasteiger partial charge in [0.2, 0.25) is 0 Å². The van der Waals surface area contributed by atoms with Gasteiger partial charge in [-0.3, -0.25) is 0 Å². The molecule has 2 aromatic rings. The zero-order chi connectivity index (χ0) is 15.5. The Labute approximate surface area is 137 Å². The molecule has 1 unspecified atom stereocenters. The fourth-order valence-electron chi connectivity index (χ4n) is 2.66. The quantitative estimate of drug-likeness (QED) is 0.621. The summed E-state index contributed by atoms with van der Waals surface area (Å²) in [5.41, 5.74) is 2.73. The summed E-state index contributed by atoms with van der Waals surface area (Å²) in [6.07, 6.45) is 4.59. The van der Waals surface area contributed by atoms with Gasteiger partial charge in [-0.2, -0.15) is 0 Å². The van der Waals surface area contributed by atoms with E-state index < -0.39 is 0 Å². The van der Waals surface area contributed by atoms with Gasteiger partial charge in [-0.1, -0.05) is 55.8 Å². The highest BCUT2D eigenvalue weighted by Gasteiger charge is 2.21. The van der Waals surface area contributed by atoms with Gasteiger partial charge in [0.1, 0.15) is 5.82 Å². The Balaban J connectivity index is 2.09. The van der Waals surface area contributed by atoms with Crippen molar-refractivity contribution in [3.05, 3.63) is 30.1 Å². The maximum atomic E-state index is 4.84. The summed E-state index contributed by atoms with van der Waals surface area (Å²) in [6, 6.07) is 8.48. The standard InChI is InChI=1S/C18H27BrN2/c1-5-13-21-15-10-7-6-9-14(15)20-17(21)12-8-11-16(19)18(2,3)4/h6-7,9-10,16H,5,8,11-13H2,1-4H3. The predicted octanol–water partition coefficient (Wildman–Crippen LogP) is 5.58. The molecule has 1 atom stereocenters. The van der Waals surface area contributed by atoms with Crippen molar-refractivity contribution in [1.82, 2.24) is 9.55 Å². The van der Waals surface area contributed by atoms with Crippen LogP contribution < -0.4 is 0 Å². The van der Waals surface area contributed by atoms with E-state index in [0.717, 1.165) is 24.9 Å². The Bertz CT molecular complexity index is 580. The Morgan fingerprint density at radius 2 is 1.95 bits per heavy atom. The molecule has 0 N–H and O–H groups in total. The molecule has 3 heteroatoms. The highest BCUT2D eigenvalue weighted by Crippen LogP contribution is 2.30. The largest absolute Gasteiger partial charge is 0.328 e. The van der Waals surface area contributed by atoms with E-state index in [-0.39, 0.29) is 0 Å². The minimum Gasteiger partial charge on any atom is -0.328 e. The van der Waals surface area contributed by atoms with Crippen molar-refractivity contribution in [3.63, 3.8) is 0 Å². The Hall–Kier alpha value is -0.830. The first-order valence-corrected chi connectivity index (χ1v) is 8.93. The molecule has 0 spiro atoms. The number of benzene rings is 1. The number of imidazole rings is 1. The average Bonchev–Trinajstić information content (AvgIpc) is 2.76. The number of rotatable bonds is 6. The van der Waals surface area contributed by atoms with E-state index >= 15 is 0 Å². The summed E-state index contributed by atoms with van der Waals surface area (Å²) >= 11 is 3.83. The van der Waals surface area contributed by atoms with E-state index in [0.29, 0.717) is 10.2 Å². The lowest BCUT2D eigenvalue weighted by Gasteiger charge is -2.25. The lowest BCUT2D eigenvalue weighted by Crippen LogP contribution is -2.20. The van der Waals surface area contributed by atoms with Crippen LogP contribution in [-0.4, -0.2) is 14.4 Å². The Kier molecular flexibility index (Phi) is 5.48. The van der Waals surface area contributed by atoms with Crippen LogP contribution in [0.3, 0.4) is 0 Å². The highest BCUT2D eigenvalue weighted by atomic mass is 79.9. The van der Waals surface area contributed by atoms with E-state index in [1.54, 1.807) is 0 Å². The summed E-state index contributed by atoms with van der Waals surface area (Å²) in [7, 11) is 0. The Morgan fingerprint density at radius 3 is 2.62 bits per heavy atom. The molecule has 0 radical (unpaired) electrons. The first-order valence-electron chi connectivity index (χ1n) is 8.01. The molecular weight excluding hydrogens is 324 g/mol. The molecule has 0 fully saturated rings. The van der Waals surface area contributed by atoms with Crippen LogP contribution >= 0.6 is 15.9 Å². The predicted molar refractivity (Wildman–Crippen MR) is 95.1 cm³/mol. The zero-order valence-corrected chi connectivity index (χ0v) is 15.3. The van der Waals surface area contributed by atoms with Crippen molar-refractivity contribution in [2.24, 2.45) is 5.41 Å². The lowest BCUT2D eigenvalue weighted by atomic mass is 9.89. The molecule has 0 amide bonds. The number of alkyl halides is 1. The van der Waals surface area contributed by atoms with Crippen LogP contribution in [0.4, 0.5) is 0 Å². The number of hydrogen-bond donors (Lipinski definition) is 0. The van der Waals surface area contributed by atoms with E-state index in [1.165, 1.54) is 24.2 Å². The molecular formula is C18H27BrN2. The molecule has 21 heavy (non-hydrogen) atoms. The molecule has 0 bridgehead atoms. The second-order valence-electron chi connectivity index (χ2n) is 6.89. The monoisotopic (exact) mass is 350 g/mol. The summed E-state index contributed by atoms with van der Waals surface area (Å²) in [6.45, 7) is 10.2. The van der Waals surface area contributed by atoms with Crippen LogP contribution in [0, 0.1) is 5.41 Å². The van der Waals surface area contributed by atoms with Gasteiger partial charge in [-0.05, 0) is 36.8 Å². The molecule has 1 heterocycles. The molecule has 2 rings (SSSR count). The second-order valence-corrected chi connectivity index (χ2v) is 8.00. The van der Waals surface area contributed by atoms with Crippen LogP contribution in [0.15, 0.2) is 24.3 Å². The van der Waals surface area contributed by atoms with Crippen molar-refractivity contribution in [1.29, 1.82) is 0 Å². The molecule has 1 aromatic carbocycles. The maximum Gasteiger partial charge on any atom is 0.109 e. The molecule has 2 nitrogen and oxygen atoms in total. The van der Waals surface area contributed by atoms with Crippen LogP contribution in [0.25, 0.3) is 11.0 Å². The second kappa shape index (κ2) is 6.95. The summed E-state index contributed by atoms with van der Waals surface area (Å²) in [4.78, 5) is 5.40. The van der Waals surface area contributed by atoms with Gasteiger partial charge in [-0.25, -0.2) is 4.98 Å². The molecule has 0 saturated carbocycles. The lowest BCUT2D eigenvalue weighted by molar-refractivity contribution is 0.379. The maximum absolute atomic E-state index is 4.84. The topological polar surface area (TPSA) is 17.8 Å². The van der Waals surface area contributed by atoms with Gasteiger partial charge in [0, 0.05) is 17.8 Å². The minimum atomic E-state index is 0.323. The summed E-state index contributed by atoms with van der Waals surface area (Å²) in [5, 5.41) is 0. The summed E-state index contributed by atoms with van der Waals surface area (Å²) < 4.78 is 2.40. The number of halogens is 1. The van der Waals surface area contributed by atoms with Crippen molar-refractivity contribution < 1.29 is 0 Å². The van der Waals surface area contributed by atoms with Gasteiger partial charge in [-0.15, -0.1) is 0 Å². The first kappa shape index (κ1) is 16.5. The smallest absolute Gasteiger partial charge is 0.109 e. The molecule has 0 aliphatic heterocycles. The number of hydrogen-bond acceptors (Lipinski definition) is 1. The van der Waals surface area contributed by atoms with E-state index in [9.17, 15) is 0 Å². The number of aromatic nitrogens is 2. The zero-order valence-electron chi connectivity index (χ0n) is 13.7. The van der Waals surface area contributed by atoms with Gasteiger partial charge in [0.25, 0.3) is 0 Å². The fourth-order valence-corrected chi connectivity index (χ4v) is 2.99. The van der Waals surface area contributed by atoms with Gasteiger partial charge in [0.15, 0.2) is 0 Å². The molecule has 0 saturated heterocycles. The minimum absolute atomic E-state index is 0.323. The van der Waals surface area contributed by atoms with Crippen molar-refractivity contribution in [2.45, 2.75) is 64.8 Å². The van der Waals surface area contributed by atoms with Gasteiger partial charge < -0.3 is 4.57 Å². The molecule has 0 aliphatic rings. The molecule has 116 valence electrons. The molecule has 1 aromatic heterocycles. The fraction of sp³-hybridized carbons (Fsp3) is 0.611. The van der Waals surface area contributed by atoms with Crippen LogP contribution in [0.2, 0.25) is 0 Å².